The maximum absolute atomic E-state index is 13.0. The molecule has 0 spiro atoms. The number of fused-ring (bicyclic) bond motifs is 1. The Kier molecular flexibility index (Phi) is 4.02. The van der Waals surface area contributed by atoms with Crippen LogP contribution < -0.4 is 10.1 Å². The lowest BCUT2D eigenvalue weighted by Gasteiger charge is -2.05. The summed E-state index contributed by atoms with van der Waals surface area (Å²) in [5.41, 5.74) is 1.94. The SMILES string of the molecule is Cc1cccc2sc(NC(=O)COc3cccc(F)c3)nc12. The zero-order chi connectivity index (χ0) is 15.5. The van der Waals surface area contributed by atoms with E-state index in [1.54, 1.807) is 6.07 Å². The van der Waals surface area contributed by atoms with Crippen LogP contribution >= 0.6 is 11.3 Å². The maximum atomic E-state index is 13.0. The van der Waals surface area contributed by atoms with Crippen LogP contribution in [0.25, 0.3) is 10.2 Å². The molecule has 0 unspecified atom stereocenters. The second kappa shape index (κ2) is 6.11. The molecule has 0 saturated heterocycles. The first kappa shape index (κ1) is 14.5. The summed E-state index contributed by atoms with van der Waals surface area (Å²) in [5.74, 6) is -0.421. The molecule has 1 amide bonds. The van der Waals surface area contributed by atoms with Gasteiger partial charge in [0.15, 0.2) is 11.7 Å². The fourth-order valence-electron chi connectivity index (χ4n) is 2.00. The van der Waals surface area contributed by atoms with Crippen LogP contribution in [0.5, 0.6) is 5.75 Å². The highest BCUT2D eigenvalue weighted by Crippen LogP contribution is 2.27. The number of benzene rings is 2. The Morgan fingerprint density at radius 3 is 2.91 bits per heavy atom. The third-order valence-electron chi connectivity index (χ3n) is 3.03. The van der Waals surface area contributed by atoms with Gasteiger partial charge < -0.3 is 4.74 Å². The molecule has 3 aromatic rings. The van der Waals surface area contributed by atoms with Crippen molar-refractivity contribution in [3.63, 3.8) is 0 Å². The van der Waals surface area contributed by atoms with E-state index in [-0.39, 0.29) is 12.5 Å². The summed E-state index contributed by atoms with van der Waals surface area (Å²) in [5, 5.41) is 3.22. The number of amides is 1. The minimum atomic E-state index is -0.403. The molecule has 0 aliphatic rings. The van der Waals surface area contributed by atoms with Gasteiger partial charge >= 0.3 is 0 Å². The van der Waals surface area contributed by atoms with Crippen LogP contribution in [0, 0.1) is 12.7 Å². The molecule has 0 fully saturated rings. The molecule has 0 radical (unpaired) electrons. The van der Waals surface area contributed by atoms with E-state index in [0.717, 1.165) is 15.8 Å². The van der Waals surface area contributed by atoms with Gasteiger partial charge in [0.2, 0.25) is 0 Å². The second-order valence-corrected chi connectivity index (χ2v) is 5.77. The minimum Gasteiger partial charge on any atom is -0.484 e. The van der Waals surface area contributed by atoms with Crippen molar-refractivity contribution in [2.45, 2.75) is 6.92 Å². The van der Waals surface area contributed by atoms with Crippen molar-refractivity contribution in [2.75, 3.05) is 11.9 Å². The molecule has 6 heteroatoms. The van der Waals surface area contributed by atoms with Crippen LogP contribution in [-0.2, 0) is 4.79 Å². The number of aromatic nitrogens is 1. The van der Waals surface area contributed by atoms with Crippen molar-refractivity contribution in [2.24, 2.45) is 0 Å². The zero-order valence-electron chi connectivity index (χ0n) is 11.8. The molecule has 0 aliphatic heterocycles. The number of thiazole rings is 1. The number of rotatable bonds is 4. The Labute approximate surface area is 130 Å². The van der Waals surface area contributed by atoms with Gasteiger partial charge in [-0.3, -0.25) is 10.1 Å². The van der Waals surface area contributed by atoms with Crippen LogP contribution in [0.4, 0.5) is 9.52 Å². The van der Waals surface area contributed by atoms with Crippen molar-refractivity contribution in [1.82, 2.24) is 4.98 Å². The molecule has 4 nitrogen and oxygen atoms in total. The molecule has 2 aromatic carbocycles. The average molecular weight is 316 g/mol. The Hall–Kier alpha value is -2.47. The number of ether oxygens (including phenoxy) is 1. The number of hydrogen-bond donors (Lipinski definition) is 1. The summed E-state index contributed by atoms with van der Waals surface area (Å²) in [6.07, 6.45) is 0. The molecule has 0 aliphatic carbocycles. The number of anilines is 1. The topological polar surface area (TPSA) is 51.2 Å². The van der Waals surface area contributed by atoms with Gasteiger partial charge in [0.05, 0.1) is 10.2 Å². The van der Waals surface area contributed by atoms with E-state index in [4.69, 9.17) is 4.74 Å². The molecule has 1 aromatic heterocycles. The zero-order valence-corrected chi connectivity index (χ0v) is 12.6. The van der Waals surface area contributed by atoms with Crippen LogP contribution in [0.15, 0.2) is 42.5 Å². The predicted octanol–water partition coefficient (Wildman–Crippen LogP) is 3.76. The van der Waals surface area contributed by atoms with E-state index in [1.807, 2.05) is 25.1 Å². The number of carbonyl (C=O) groups excluding carboxylic acids is 1. The lowest BCUT2D eigenvalue weighted by atomic mass is 10.2. The monoisotopic (exact) mass is 316 g/mol. The molecule has 0 saturated carbocycles. The van der Waals surface area contributed by atoms with E-state index in [0.29, 0.717) is 10.9 Å². The molecule has 22 heavy (non-hydrogen) atoms. The maximum Gasteiger partial charge on any atom is 0.264 e. The van der Waals surface area contributed by atoms with Crippen molar-refractivity contribution in [1.29, 1.82) is 0 Å². The minimum absolute atomic E-state index is 0.196. The smallest absolute Gasteiger partial charge is 0.264 e. The largest absolute Gasteiger partial charge is 0.484 e. The summed E-state index contributed by atoms with van der Waals surface area (Å²) >= 11 is 1.41. The van der Waals surface area contributed by atoms with E-state index in [1.165, 1.54) is 29.5 Å². The van der Waals surface area contributed by atoms with Crippen molar-refractivity contribution in [3.05, 3.63) is 53.8 Å². The summed E-state index contributed by atoms with van der Waals surface area (Å²) in [6, 6.07) is 11.6. The first-order valence-corrected chi connectivity index (χ1v) is 7.48. The van der Waals surface area contributed by atoms with Gasteiger partial charge in [0, 0.05) is 6.07 Å². The number of aryl methyl sites for hydroxylation is 1. The van der Waals surface area contributed by atoms with E-state index < -0.39 is 5.82 Å². The summed E-state index contributed by atoms with van der Waals surface area (Å²) in [7, 11) is 0. The van der Waals surface area contributed by atoms with E-state index >= 15 is 0 Å². The highest BCUT2D eigenvalue weighted by atomic mass is 32.1. The van der Waals surface area contributed by atoms with Crippen LogP contribution in [0.1, 0.15) is 5.56 Å². The third-order valence-corrected chi connectivity index (χ3v) is 3.97. The normalized spacial score (nSPS) is 10.6. The number of hydrogen-bond acceptors (Lipinski definition) is 4. The molecule has 0 atom stereocenters. The summed E-state index contributed by atoms with van der Waals surface area (Å²) in [4.78, 5) is 16.3. The lowest BCUT2D eigenvalue weighted by Crippen LogP contribution is -2.20. The highest BCUT2D eigenvalue weighted by Gasteiger charge is 2.09. The first-order valence-electron chi connectivity index (χ1n) is 6.66. The van der Waals surface area contributed by atoms with Crippen LogP contribution in [-0.4, -0.2) is 17.5 Å². The van der Waals surface area contributed by atoms with Crippen molar-refractivity contribution < 1.29 is 13.9 Å². The molecule has 3 rings (SSSR count). The van der Waals surface area contributed by atoms with Crippen molar-refractivity contribution >= 4 is 32.6 Å². The quantitative estimate of drug-likeness (QED) is 0.797. The molecular weight excluding hydrogens is 303 g/mol. The molecule has 0 bridgehead atoms. The fraction of sp³-hybridized carbons (Fsp3) is 0.125. The first-order chi connectivity index (χ1) is 10.6. The Balaban J connectivity index is 1.64. The Morgan fingerprint density at radius 1 is 1.32 bits per heavy atom. The van der Waals surface area contributed by atoms with Crippen LogP contribution in [0.2, 0.25) is 0 Å². The Morgan fingerprint density at radius 2 is 2.14 bits per heavy atom. The number of halogens is 1. The van der Waals surface area contributed by atoms with Gasteiger partial charge in [-0.05, 0) is 30.7 Å². The standard InChI is InChI=1S/C16H13FN2O2S/c1-10-4-2-7-13-15(10)19-16(22-13)18-14(20)9-21-12-6-3-5-11(17)8-12/h2-8H,9H2,1H3,(H,18,19,20). The van der Waals surface area contributed by atoms with Gasteiger partial charge in [-0.1, -0.05) is 29.5 Å². The number of nitrogens with one attached hydrogen (secondary N) is 1. The van der Waals surface area contributed by atoms with Gasteiger partial charge in [-0.2, -0.15) is 0 Å². The van der Waals surface area contributed by atoms with Gasteiger partial charge in [0.25, 0.3) is 5.91 Å². The number of carbonyl (C=O) groups is 1. The second-order valence-electron chi connectivity index (χ2n) is 4.73. The molecule has 112 valence electrons. The van der Waals surface area contributed by atoms with Crippen LogP contribution in [0.3, 0.4) is 0 Å². The summed E-state index contributed by atoms with van der Waals surface area (Å²) < 4.78 is 19.3. The van der Waals surface area contributed by atoms with Gasteiger partial charge in [-0.25, -0.2) is 9.37 Å². The third kappa shape index (κ3) is 3.23. The number of para-hydroxylation sites is 1. The summed E-state index contributed by atoms with van der Waals surface area (Å²) in [6.45, 7) is 1.78. The molecule has 1 N–H and O–H groups in total. The predicted molar refractivity (Wildman–Crippen MR) is 84.9 cm³/mol. The van der Waals surface area contributed by atoms with E-state index in [9.17, 15) is 9.18 Å². The number of nitrogens with zero attached hydrogens (tertiary/aromatic N) is 1. The molecular formula is C16H13FN2O2S. The Bertz CT molecular complexity index is 832. The highest BCUT2D eigenvalue weighted by molar-refractivity contribution is 7.22. The lowest BCUT2D eigenvalue weighted by molar-refractivity contribution is -0.118. The van der Waals surface area contributed by atoms with Gasteiger partial charge in [-0.15, -0.1) is 0 Å². The molecule has 1 heterocycles. The van der Waals surface area contributed by atoms with Gasteiger partial charge in [0.1, 0.15) is 11.6 Å². The van der Waals surface area contributed by atoms with Crippen molar-refractivity contribution in [3.8, 4) is 5.75 Å². The average Bonchev–Trinajstić information content (AvgIpc) is 2.89. The fourth-order valence-corrected chi connectivity index (χ4v) is 2.96. The van der Waals surface area contributed by atoms with E-state index in [2.05, 4.69) is 10.3 Å².